The maximum absolute atomic E-state index is 12.3. The van der Waals surface area contributed by atoms with E-state index in [-0.39, 0.29) is 23.2 Å². The van der Waals surface area contributed by atoms with Crippen LogP contribution in [-0.4, -0.2) is 55.0 Å². The predicted molar refractivity (Wildman–Crippen MR) is 113 cm³/mol. The Labute approximate surface area is 174 Å². The second kappa shape index (κ2) is 8.11. The summed E-state index contributed by atoms with van der Waals surface area (Å²) >= 11 is 0. The first-order valence-corrected chi connectivity index (χ1v) is 10.9. The number of sulfonamides is 1. The quantitative estimate of drug-likeness (QED) is 0.650. The van der Waals surface area contributed by atoms with Gasteiger partial charge in [0.05, 0.1) is 12.2 Å². The van der Waals surface area contributed by atoms with Crippen LogP contribution in [0.5, 0.6) is 0 Å². The van der Waals surface area contributed by atoms with E-state index in [2.05, 4.69) is 14.8 Å². The lowest BCUT2D eigenvalue weighted by Gasteiger charge is -2.18. The fourth-order valence-electron chi connectivity index (χ4n) is 3.29. The molecule has 0 fully saturated rings. The van der Waals surface area contributed by atoms with Crippen LogP contribution in [0.1, 0.15) is 11.1 Å². The number of carbonyl (C=O) groups is 1. The minimum absolute atomic E-state index is 0.0148. The van der Waals surface area contributed by atoms with Gasteiger partial charge in [0.2, 0.25) is 5.91 Å². The van der Waals surface area contributed by atoms with Crippen LogP contribution in [0.3, 0.4) is 0 Å². The second-order valence-corrected chi connectivity index (χ2v) is 8.53. The molecule has 1 amide bonds. The van der Waals surface area contributed by atoms with E-state index in [9.17, 15) is 13.2 Å². The zero-order valence-electron chi connectivity index (χ0n) is 16.4. The van der Waals surface area contributed by atoms with E-state index in [0.29, 0.717) is 18.5 Å². The van der Waals surface area contributed by atoms with Gasteiger partial charge in [-0.1, -0.05) is 24.3 Å². The average Bonchev–Trinajstić information content (AvgIpc) is 3.36. The molecule has 0 unspecified atom stereocenters. The van der Waals surface area contributed by atoms with Crippen molar-refractivity contribution in [1.29, 1.82) is 0 Å². The average molecular weight is 423 g/mol. The second-order valence-electron chi connectivity index (χ2n) is 6.96. The van der Waals surface area contributed by atoms with Gasteiger partial charge in [-0.2, -0.15) is 13.5 Å². The van der Waals surface area contributed by atoms with Crippen LogP contribution in [0.4, 0.5) is 0 Å². The molecule has 1 aliphatic heterocycles. The van der Waals surface area contributed by atoms with E-state index in [0.717, 1.165) is 11.3 Å². The van der Waals surface area contributed by atoms with Crippen LogP contribution < -0.4 is 5.32 Å². The lowest BCUT2D eigenvalue weighted by molar-refractivity contribution is -0.121. The monoisotopic (exact) mass is 423 g/mol. The molecule has 0 atom stereocenters. The SMILES string of the molecule is CN(CC(=O)NCCc1ccc(-n2cccn2)cc1)C1=NS(=O)(=O)c2ccccc21. The molecule has 4 rings (SSSR count). The number of amides is 1. The summed E-state index contributed by atoms with van der Waals surface area (Å²) < 4.78 is 29.9. The van der Waals surface area contributed by atoms with Gasteiger partial charge in [0.1, 0.15) is 4.90 Å². The molecule has 1 N–H and O–H groups in total. The number of likely N-dealkylation sites (N-methyl/N-ethyl adjacent to an activating group) is 1. The number of nitrogens with one attached hydrogen (secondary N) is 1. The molecule has 9 heteroatoms. The molecule has 0 aliphatic carbocycles. The first-order chi connectivity index (χ1) is 14.4. The van der Waals surface area contributed by atoms with Crippen molar-refractivity contribution in [3.8, 4) is 5.69 Å². The summed E-state index contributed by atoms with van der Waals surface area (Å²) in [7, 11) is -2.04. The zero-order chi connectivity index (χ0) is 21.1. The van der Waals surface area contributed by atoms with Gasteiger partial charge in [-0.3, -0.25) is 4.79 Å². The molecule has 1 aliphatic rings. The molecule has 1 aromatic heterocycles. The number of nitrogens with zero attached hydrogens (tertiary/aromatic N) is 4. The summed E-state index contributed by atoms with van der Waals surface area (Å²) in [4.78, 5) is 14.0. The Balaban J connectivity index is 1.30. The third-order valence-corrected chi connectivity index (χ3v) is 6.12. The van der Waals surface area contributed by atoms with Gasteiger partial charge < -0.3 is 10.2 Å². The summed E-state index contributed by atoms with van der Waals surface area (Å²) in [5.41, 5.74) is 2.59. The van der Waals surface area contributed by atoms with Gasteiger partial charge in [0.25, 0.3) is 10.0 Å². The van der Waals surface area contributed by atoms with Crippen molar-refractivity contribution in [1.82, 2.24) is 20.0 Å². The Morgan fingerprint density at radius 3 is 2.60 bits per heavy atom. The van der Waals surface area contributed by atoms with Crippen LogP contribution in [0.15, 0.2) is 76.3 Å². The molecule has 0 radical (unpaired) electrons. The highest BCUT2D eigenvalue weighted by atomic mass is 32.2. The summed E-state index contributed by atoms with van der Waals surface area (Å²) in [5, 5.41) is 7.06. The fourth-order valence-corrected chi connectivity index (χ4v) is 4.54. The number of benzene rings is 2. The number of rotatable bonds is 6. The lowest BCUT2D eigenvalue weighted by atomic mass is 10.1. The number of amidine groups is 1. The van der Waals surface area contributed by atoms with Crippen LogP contribution in [0.25, 0.3) is 5.69 Å². The Bertz CT molecular complexity index is 1190. The van der Waals surface area contributed by atoms with E-state index in [1.54, 1.807) is 41.0 Å². The minimum atomic E-state index is -3.70. The van der Waals surface area contributed by atoms with Gasteiger partial charge >= 0.3 is 0 Å². The summed E-state index contributed by atoms with van der Waals surface area (Å²) in [6.45, 7) is 0.496. The van der Waals surface area contributed by atoms with Crippen molar-refractivity contribution < 1.29 is 13.2 Å². The van der Waals surface area contributed by atoms with E-state index in [1.807, 2.05) is 36.5 Å². The lowest BCUT2D eigenvalue weighted by Crippen LogP contribution is -2.39. The molecular weight excluding hydrogens is 402 g/mol. The number of fused-ring (bicyclic) bond motifs is 1. The van der Waals surface area contributed by atoms with Crippen molar-refractivity contribution in [2.45, 2.75) is 11.3 Å². The van der Waals surface area contributed by atoms with E-state index >= 15 is 0 Å². The maximum Gasteiger partial charge on any atom is 0.285 e. The largest absolute Gasteiger partial charge is 0.354 e. The van der Waals surface area contributed by atoms with Crippen LogP contribution in [-0.2, 0) is 21.2 Å². The number of hydrogen-bond donors (Lipinski definition) is 1. The normalized spacial score (nSPS) is 14.1. The van der Waals surface area contributed by atoms with Gasteiger partial charge in [-0.25, -0.2) is 4.68 Å². The third-order valence-electron chi connectivity index (χ3n) is 4.80. The molecule has 8 nitrogen and oxygen atoms in total. The summed E-state index contributed by atoms with van der Waals surface area (Å²) in [6.07, 6.45) is 4.29. The van der Waals surface area contributed by atoms with Gasteiger partial charge in [-0.15, -0.1) is 4.40 Å². The molecule has 3 aromatic rings. The molecule has 30 heavy (non-hydrogen) atoms. The fraction of sp³-hybridized carbons (Fsp3) is 0.190. The Morgan fingerprint density at radius 1 is 1.10 bits per heavy atom. The van der Waals surface area contributed by atoms with Gasteiger partial charge in [-0.05, 0) is 42.3 Å². The van der Waals surface area contributed by atoms with Crippen molar-refractivity contribution >= 4 is 21.8 Å². The number of carbonyl (C=O) groups excluding carboxylic acids is 1. The molecule has 154 valence electrons. The van der Waals surface area contributed by atoms with Gasteiger partial charge in [0, 0.05) is 31.5 Å². The van der Waals surface area contributed by atoms with Crippen molar-refractivity contribution in [3.05, 3.63) is 78.1 Å². The standard InChI is InChI=1S/C21H21N5O3S/c1-25(21-18-5-2-3-6-19(18)30(28,29)24-21)15-20(27)22-13-11-16-7-9-17(10-8-16)26-14-4-12-23-26/h2-10,12,14H,11,13,15H2,1H3,(H,22,27). The Morgan fingerprint density at radius 2 is 1.87 bits per heavy atom. The molecule has 0 saturated carbocycles. The first-order valence-electron chi connectivity index (χ1n) is 9.45. The highest BCUT2D eigenvalue weighted by molar-refractivity contribution is 7.90. The molecule has 0 saturated heterocycles. The minimum Gasteiger partial charge on any atom is -0.354 e. The molecule has 2 aromatic carbocycles. The highest BCUT2D eigenvalue weighted by Gasteiger charge is 2.30. The van der Waals surface area contributed by atoms with Crippen molar-refractivity contribution in [2.75, 3.05) is 20.1 Å². The van der Waals surface area contributed by atoms with Crippen molar-refractivity contribution in [3.63, 3.8) is 0 Å². The number of hydrogen-bond acceptors (Lipinski definition) is 5. The van der Waals surface area contributed by atoms with Crippen LogP contribution in [0, 0.1) is 0 Å². The van der Waals surface area contributed by atoms with E-state index in [4.69, 9.17) is 0 Å². The summed E-state index contributed by atoms with van der Waals surface area (Å²) in [5.74, 6) is 0.0881. The Kier molecular flexibility index (Phi) is 5.37. The third kappa shape index (κ3) is 4.11. The van der Waals surface area contributed by atoms with E-state index < -0.39 is 10.0 Å². The van der Waals surface area contributed by atoms with E-state index in [1.165, 1.54) is 6.07 Å². The smallest absolute Gasteiger partial charge is 0.285 e. The Hall–Kier alpha value is -3.46. The highest BCUT2D eigenvalue weighted by Crippen LogP contribution is 2.26. The number of aromatic nitrogens is 2. The topological polar surface area (TPSA) is 96.7 Å². The van der Waals surface area contributed by atoms with Crippen molar-refractivity contribution in [2.24, 2.45) is 4.40 Å². The zero-order valence-corrected chi connectivity index (χ0v) is 17.2. The molecule has 2 heterocycles. The van der Waals surface area contributed by atoms with Crippen LogP contribution in [0.2, 0.25) is 0 Å². The summed E-state index contributed by atoms with van der Waals surface area (Å²) in [6, 6.07) is 16.5. The molecular formula is C21H21N5O3S. The van der Waals surface area contributed by atoms with Gasteiger partial charge in [0.15, 0.2) is 5.84 Å². The predicted octanol–water partition coefficient (Wildman–Crippen LogP) is 1.61. The van der Waals surface area contributed by atoms with Crippen LogP contribution >= 0.6 is 0 Å². The molecule has 0 bridgehead atoms. The molecule has 0 spiro atoms. The maximum atomic E-state index is 12.3. The first kappa shape index (κ1) is 19.8.